The lowest BCUT2D eigenvalue weighted by molar-refractivity contribution is -0.144. The summed E-state index contributed by atoms with van der Waals surface area (Å²) >= 11 is 0. The van der Waals surface area contributed by atoms with E-state index in [0.717, 1.165) is 13.0 Å². The number of aliphatic carboxylic acids is 1. The molecule has 2 N–H and O–H groups in total. The van der Waals surface area contributed by atoms with E-state index in [9.17, 15) is 14.3 Å². The van der Waals surface area contributed by atoms with Crippen LogP contribution in [0.1, 0.15) is 40.5 Å². The van der Waals surface area contributed by atoms with Gasteiger partial charge in [0.05, 0.1) is 11.3 Å². The van der Waals surface area contributed by atoms with Crippen LogP contribution >= 0.6 is 0 Å². The van der Waals surface area contributed by atoms with Crippen LogP contribution in [0.4, 0.5) is 4.39 Å². The summed E-state index contributed by atoms with van der Waals surface area (Å²) in [6, 6.07) is -0.213. The highest BCUT2D eigenvalue weighted by molar-refractivity contribution is 5.90. The molecule has 1 saturated heterocycles. The summed E-state index contributed by atoms with van der Waals surface area (Å²) < 4.78 is 14.2. The van der Waals surface area contributed by atoms with Crippen molar-refractivity contribution in [1.82, 2.24) is 10.3 Å². The number of piperidine rings is 1. The van der Waals surface area contributed by atoms with Crippen LogP contribution in [0.15, 0.2) is 17.5 Å². The molecule has 0 aromatic rings. The van der Waals surface area contributed by atoms with Gasteiger partial charge in [-0.25, -0.2) is 4.39 Å². The summed E-state index contributed by atoms with van der Waals surface area (Å²) in [5.74, 6) is -1.62. The molecule has 126 valence electrons. The van der Waals surface area contributed by atoms with Gasteiger partial charge in [0, 0.05) is 24.8 Å². The second-order valence-electron chi connectivity index (χ2n) is 6.16. The molecule has 1 heterocycles. The number of carbonyl (C=O) groups is 1. The van der Waals surface area contributed by atoms with E-state index in [1.165, 1.54) is 0 Å². The Morgan fingerprint density at radius 3 is 2.77 bits per heavy atom. The van der Waals surface area contributed by atoms with Gasteiger partial charge in [0.1, 0.15) is 5.83 Å². The van der Waals surface area contributed by atoms with Crippen LogP contribution < -0.4 is 5.43 Å². The predicted octanol–water partition coefficient (Wildman–Crippen LogP) is 2.65. The third kappa shape index (κ3) is 3.85. The average Bonchev–Trinajstić information content (AvgIpc) is 2.50. The fourth-order valence-electron chi connectivity index (χ4n) is 2.96. The quantitative estimate of drug-likeness (QED) is 0.560. The van der Waals surface area contributed by atoms with Crippen molar-refractivity contribution in [2.45, 2.75) is 46.6 Å². The van der Waals surface area contributed by atoms with Crippen molar-refractivity contribution in [1.29, 1.82) is 0 Å². The van der Waals surface area contributed by atoms with E-state index in [-0.39, 0.29) is 12.0 Å². The zero-order chi connectivity index (χ0) is 16.9. The van der Waals surface area contributed by atoms with E-state index in [1.54, 1.807) is 13.8 Å². The molecule has 1 rings (SSSR count). The third-order valence-electron chi connectivity index (χ3n) is 4.91. The number of carboxylic acid groups (broad SMARTS) is 1. The van der Waals surface area contributed by atoms with E-state index >= 15 is 0 Å². The Labute approximate surface area is 132 Å². The van der Waals surface area contributed by atoms with E-state index in [1.807, 2.05) is 18.7 Å². The molecule has 0 spiro atoms. The molecule has 0 radical (unpaired) electrons. The van der Waals surface area contributed by atoms with Crippen LogP contribution in [-0.4, -0.2) is 47.4 Å². The van der Waals surface area contributed by atoms with Gasteiger partial charge in [-0.1, -0.05) is 6.58 Å². The number of likely N-dealkylation sites (tertiary alicyclic amines) is 1. The Balaban J connectivity index is 3.00. The molecule has 0 aromatic carbocycles. The van der Waals surface area contributed by atoms with Crippen molar-refractivity contribution < 1.29 is 14.3 Å². The van der Waals surface area contributed by atoms with Gasteiger partial charge in [-0.3, -0.25) is 9.69 Å². The first kappa shape index (κ1) is 18.6. The fraction of sp³-hybridized carbons (Fsp3) is 0.750. The summed E-state index contributed by atoms with van der Waals surface area (Å²) in [6.45, 7) is 12.8. The first-order valence-electron chi connectivity index (χ1n) is 7.84. The normalized spacial score (nSPS) is 24.4. The Kier molecular flexibility index (Phi) is 6.53. The van der Waals surface area contributed by atoms with Gasteiger partial charge in [0.25, 0.3) is 0 Å². The van der Waals surface area contributed by atoms with Gasteiger partial charge < -0.3 is 10.5 Å². The van der Waals surface area contributed by atoms with E-state index in [2.05, 4.69) is 17.1 Å². The van der Waals surface area contributed by atoms with E-state index in [0.29, 0.717) is 25.2 Å². The summed E-state index contributed by atoms with van der Waals surface area (Å²) in [5, 5.41) is 13.5. The Morgan fingerprint density at radius 2 is 2.27 bits per heavy atom. The highest BCUT2D eigenvalue weighted by Gasteiger charge is 2.43. The first-order valence-corrected chi connectivity index (χ1v) is 7.84. The molecule has 22 heavy (non-hydrogen) atoms. The highest BCUT2D eigenvalue weighted by Crippen LogP contribution is 2.37. The van der Waals surface area contributed by atoms with Gasteiger partial charge in [0.15, 0.2) is 0 Å². The van der Waals surface area contributed by atoms with Crippen molar-refractivity contribution in [3.63, 3.8) is 0 Å². The minimum Gasteiger partial charge on any atom is -0.481 e. The monoisotopic (exact) mass is 313 g/mol. The molecular weight excluding hydrogens is 285 g/mol. The van der Waals surface area contributed by atoms with Crippen molar-refractivity contribution in [3.8, 4) is 0 Å². The smallest absolute Gasteiger partial charge is 0.307 e. The maximum absolute atomic E-state index is 14.2. The van der Waals surface area contributed by atoms with Crippen molar-refractivity contribution in [3.05, 3.63) is 12.4 Å². The molecule has 1 fully saturated rings. The van der Waals surface area contributed by atoms with Gasteiger partial charge in [-0.05, 0) is 47.1 Å². The lowest BCUT2D eigenvalue weighted by Crippen LogP contribution is -2.53. The molecule has 5 nitrogen and oxygen atoms in total. The molecule has 3 atom stereocenters. The Morgan fingerprint density at radius 1 is 1.64 bits per heavy atom. The summed E-state index contributed by atoms with van der Waals surface area (Å²) in [6.07, 6.45) is 1.48. The van der Waals surface area contributed by atoms with Crippen molar-refractivity contribution in [2.24, 2.45) is 16.4 Å². The second-order valence-corrected chi connectivity index (χ2v) is 6.16. The van der Waals surface area contributed by atoms with Crippen LogP contribution in [0.25, 0.3) is 0 Å². The van der Waals surface area contributed by atoms with Gasteiger partial charge in [-0.15, -0.1) is 0 Å². The number of hydrogen-bond donors (Lipinski definition) is 2. The standard InChI is InChI=1S/C16H28FN3O2/c1-6-18-19-12(3)16(5,11(2)17)13(4)20-9-7-8-14(10-20)15(21)22/h13-14,18H,2,6-10H2,1,3-5H3,(H,21,22)/b19-12+/t13-,14?,16?/m0/s1. The first-order chi connectivity index (χ1) is 10.2. The van der Waals surface area contributed by atoms with Crippen molar-refractivity contribution >= 4 is 11.7 Å². The lowest BCUT2D eigenvalue weighted by Gasteiger charge is -2.44. The molecule has 0 saturated carbocycles. The number of carboxylic acids is 1. The minimum absolute atomic E-state index is 0.213. The van der Waals surface area contributed by atoms with Crippen LogP contribution in [0.5, 0.6) is 0 Å². The van der Waals surface area contributed by atoms with Crippen LogP contribution in [0, 0.1) is 11.3 Å². The summed E-state index contributed by atoms with van der Waals surface area (Å²) in [4.78, 5) is 13.3. The van der Waals surface area contributed by atoms with Crippen molar-refractivity contribution in [2.75, 3.05) is 19.6 Å². The zero-order valence-electron chi connectivity index (χ0n) is 14.0. The van der Waals surface area contributed by atoms with Gasteiger partial charge in [0.2, 0.25) is 0 Å². The number of hydrogen-bond acceptors (Lipinski definition) is 4. The second kappa shape index (κ2) is 7.72. The lowest BCUT2D eigenvalue weighted by atomic mass is 9.76. The molecule has 0 aromatic heterocycles. The SMILES string of the molecule is C=C(F)C(C)(/C(C)=N/NCC)[C@H](C)N1CCCC(C(=O)O)C1. The molecule has 0 aliphatic carbocycles. The largest absolute Gasteiger partial charge is 0.481 e. The molecule has 0 amide bonds. The van der Waals surface area contributed by atoms with Gasteiger partial charge >= 0.3 is 5.97 Å². The number of halogens is 1. The summed E-state index contributed by atoms with van der Waals surface area (Å²) in [5.41, 5.74) is 2.54. The molecule has 0 bridgehead atoms. The molecule has 6 heteroatoms. The topological polar surface area (TPSA) is 64.9 Å². The molecule has 2 unspecified atom stereocenters. The van der Waals surface area contributed by atoms with Crippen LogP contribution in [0.3, 0.4) is 0 Å². The maximum Gasteiger partial charge on any atom is 0.307 e. The number of rotatable bonds is 7. The third-order valence-corrected chi connectivity index (χ3v) is 4.91. The summed E-state index contributed by atoms with van der Waals surface area (Å²) in [7, 11) is 0. The maximum atomic E-state index is 14.2. The number of hydrazone groups is 1. The number of nitrogens with zero attached hydrogens (tertiary/aromatic N) is 2. The Hall–Kier alpha value is -1.43. The average molecular weight is 313 g/mol. The van der Waals surface area contributed by atoms with Crippen LogP contribution in [-0.2, 0) is 4.79 Å². The van der Waals surface area contributed by atoms with E-state index in [4.69, 9.17) is 0 Å². The highest BCUT2D eigenvalue weighted by atomic mass is 19.1. The number of nitrogens with one attached hydrogen (secondary N) is 1. The fourth-order valence-corrected chi connectivity index (χ4v) is 2.96. The van der Waals surface area contributed by atoms with E-state index < -0.39 is 17.2 Å². The predicted molar refractivity (Wildman–Crippen MR) is 86.5 cm³/mol. The zero-order valence-corrected chi connectivity index (χ0v) is 14.0. The molecular formula is C16H28FN3O2. The Bertz CT molecular complexity index is 453. The minimum atomic E-state index is -0.942. The van der Waals surface area contributed by atoms with Crippen LogP contribution in [0.2, 0.25) is 0 Å². The molecule has 1 aliphatic heterocycles. The van der Waals surface area contributed by atoms with Gasteiger partial charge in [-0.2, -0.15) is 5.10 Å². The molecule has 1 aliphatic rings.